The second-order valence-corrected chi connectivity index (χ2v) is 4.92. The summed E-state index contributed by atoms with van der Waals surface area (Å²) >= 11 is 0. The Hall–Kier alpha value is -0.760. The molecule has 3 N–H and O–H groups in total. The summed E-state index contributed by atoms with van der Waals surface area (Å²) < 4.78 is 0. The molecular weight excluding hydrogens is 244 g/mol. The third kappa shape index (κ3) is 11.1. The molecule has 1 heterocycles. The molecule has 0 bridgehead atoms. The van der Waals surface area contributed by atoms with Crippen molar-refractivity contribution in [3.05, 3.63) is 23.4 Å². The van der Waals surface area contributed by atoms with Gasteiger partial charge in [-0.05, 0) is 50.8 Å². The maximum absolute atomic E-state index is 5.81. The van der Waals surface area contributed by atoms with Crippen molar-refractivity contribution < 1.29 is 0 Å². The molecule has 0 aliphatic carbocycles. The van der Waals surface area contributed by atoms with Crippen LogP contribution in [0.5, 0.6) is 0 Å². The van der Waals surface area contributed by atoms with Gasteiger partial charge in [-0.25, -0.2) is 0 Å². The van der Waals surface area contributed by atoms with Gasteiger partial charge in [-0.15, -0.1) is 0 Å². The Labute approximate surface area is 127 Å². The lowest BCUT2D eigenvalue weighted by atomic mass is 9.88. The van der Waals surface area contributed by atoms with Crippen LogP contribution in [0.2, 0.25) is 0 Å². The summed E-state index contributed by atoms with van der Waals surface area (Å²) in [7, 11) is 0. The van der Waals surface area contributed by atoms with Gasteiger partial charge in [0.25, 0.3) is 0 Å². The van der Waals surface area contributed by atoms with Crippen molar-refractivity contribution in [3.63, 3.8) is 0 Å². The van der Waals surface area contributed by atoms with Gasteiger partial charge < -0.3 is 11.1 Å². The Bertz CT molecular complexity index is 248. The molecule has 1 rings (SSSR count). The summed E-state index contributed by atoms with van der Waals surface area (Å²) in [5.41, 5.74) is 8.35. The van der Waals surface area contributed by atoms with E-state index in [0.29, 0.717) is 0 Å². The molecular formula is C18H38N2. The van der Waals surface area contributed by atoms with Crippen LogP contribution >= 0.6 is 0 Å². The van der Waals surface area contributed by atoms with Crippen molar-refractivity contribution in [3.8, 4) is 0 Å². The molecule has 0 aromatic carbocycles. The molecule has 1 fully saturated rings. The maximum Gasteiger partial charge on any atom is 0.00776 e. The molecule has 2 heteroatoms. The number of hydrogen-bond donors (Lipinski definition) is 2. The average Bonchev–Trinajstić information content (AvgIpc) is 2.51. The van der Waals surface area contributed by atoms with Crippen LogP contribution in [0.15, 0.2) is 23.4 Å². The largest absolute Gasteiger partial charge is 0.402 e. The quantitative estimate of drug-likeness (QED) is 0.711. The number of nitrogens with two attached hydrogens (primary N) is 1. The van der Waals surface area contributed by atoms with E-state index in [1.807, 2.05) is 13.8 Å². The van der Waals surface area contributed by atoms with Gasteiger partial charge in [0.2, 0.25) is 0 Å². The minimum absolute atomic E-state index is 0.775. The van der Waals surface area contributed by atoms with Crippen LogP contribution in [0.1, 0.15) is 73.6 Å². The Morgan fingerprint density at radius 1 is 1.00 bits per heavy atom. The lowest BCUT2D eigenvalue weighted by Crippen LogP contribution is -2.28. The van der Waals surface area contributed by atoms with Gasteiger partial charge in [0.1, 0.15) is 0 Å². The Morgan fingerprint density at radius 3 is 1.90 bits per heavy atom. The minimum Gasteiger partial charge on any atom is -0.402 e. The van der Waals surface area contributed by atoms with E-state index in [4.69, 9.17) is 5.73 Å². The molecule has 120 valence electrons. The first-order valence-electron chi connectivity index (χ1n) is 8.55. The second kappa shape index (κ2) is 16.3. The van der Waals surface area contributed by atoms with E-state index >= 15 is 0 Å². The molecule has 1 saturated heterocycles. The highest BCUT2D eigenvalue weighted by molar-refractivity contribution is 5.18. The number of nitrogens with one attached hydrogen (secondary N) is 1. The highest BCUT2D eigenvalue weighted by atomic mass is 14.9. The van der Waals surface area contributed by atoms with Gasteiger partial charge in [-0.2, -0.15) is 0 Å². The summed E-state index contributed by atoms with van der Waals surface area (Å²) in [4.78, 5) is 0. The molecule has 1 aliphatic heterocycles. The van der Waals surface area contributed by atoms with Gasteiger partial charge in [-0.3, -0.25) is 0 Å². The zero-order valence-electron chi connectivity index (χ0n) is 14.8. The van der Waals surface area contributed by atoms with Crippen LogP contribution in [0.3, 0.4) is 0 Å². The normalized spacial score (nSPS) is 16.7. The van der Waals surface area contributed by atoms with Crippen molar-refractivity contribution in [2.24, 2.45) is 11.7 Å². The maximum atomic E-state index is 5.81. The van der Waals surface area contributed by atoms with Gasteiger partial charge in [0, 0.05) is 5.70 Å². The van der Waals surface area contributed by atoms with E-state index in [1.54, 1.807) is 5.57 Å². The molecule has 0 saturated carbocycles. The second-order valence-electron chi connectivity index (χ2n) is 4.92. The molecule has 1 aliphatic rings. The fraction of sp³-hybridized carbons (Fsp3) is 0.778. The average molecular weight is 283 g/mol. The highest BCUT2D eigenvalue weighted by Gasteiger charge is 2.15. The van der Waals surface area contributed by atoms with Gasteiger partial charge in [-0.1, -0.05) is 59.6 Å². The Morgan fingerprint density at radius 2 is 1.50 bits per heavy atom. The number of rotatable bonds is 4. The topological polar surface area (TPSA) is 38.0 Å². The van der Waals surface area contributed by atoms with Crippen LogP contribution in [0, 0.1) is 5.92 Å². The molecule has 0 atom stereocenters. The van der Waals surface area contributed by atoms with Crippen LogP contribution in [0.25, 0.3) is 0 Å². The fourth-order valence-electron chi connectivity index (χ4n) is 2.07. The first kappa shape index (κ1) is 21.5. The Kier molecular flexibility index (Phi) is 17.5. The van der Waals surface area contributed by atoms with Gasteiger partial charge >= 0.3 is 0 Å². The lowest BCUT2D eigenvalue weighted by Gasteiger charge is -2.24. The SMILES string of the molecule is CC.CC/C(N)=C\C=C(/CC)C1CCNCC1.CCC. The first-order chi connectivity index (χ1) is 9.69. The van der Waals surface area contributed by atoms with E-state index < -0.39 is 0 Å². The minimum atomic E-state index is 0.775. The first-order valence-corrected chi connectivity index (χ1v) is 8.55. The zero-order chi connectivity index (χ0) is 15.8. The van der Waals surface area contributed by atoms with Crippen LogP contribution in [-0.4, -0.2) is 13.1 Å². The van der Waals surface area contributed by atoms with E-state index in [9.17, 15) is 0 Å². The number of piperidine rings is 1. The molecule has 0 aromatic rings. The summed E-state index contributed by atoms with van der Waals surface area (Å²) in [6, 6.07) is 0. The molecule has 0 radical (unpaired) electrons. The third-order valence-corrected chi connectivity index (χ3v) is 3.19. The van der Waals surface area contributed by atoms with Crippen LogP contribution < -0.4 is 11.1 Å². The van der Waals surface area contributed by atoms with E-state index in [-0.39, 0.29) is 0 Å². The van der Waals surface area contributed by atoms with E-state index in [1.165, 1.54) is 19.3 Å². The van der Waals surface area contributed by atoms with Gasteiger partial charge in [0.05, 0.1) is 0 Å². The summed E-state index contributed by atoms with van der Waals surface area (Å²) in [5, 5.41) is 3.40. The van der Waals surface area contributed by atoms with Crippen molar-refractivity contribution in [1.82, 2.24) is 5.32 Å². The Balaban J connectivity index is 0. The van der Waals surface area contributed by atoms with Crippen molar-refractivity contribution in [1.29, 1.82) is 0 Å². The lowest BCUT2D eigenvalue weighted by molar-refractivity contribution is 0.413. The third-order valence-electron chi connectivity index (χ3n) is 3.19. The highest BCUT2D eigenvalue weighted by Crippen LogP contribution is 2.23. The van der Waals surface area contributed by atoms with Crippen LogP contribution in [-0.2, 0) is 0 Å². The van der Waals surface area contributed by atoms with E-state index in [0.717, 1.165) is 37.5 Å². The monoisotopic (exact) mass is 282 g/mol. The van der Waals surface area contributed by atoms with Crippen molar-refractivity contribution in [2.45, 2.75) is 73.6 Å². The standard InChI is InChI=1S/C13H24N2.C3H8.C2H6/c1-3-11(5-6-13(14)4-2)12-7-9-15-10-8-12;1-3-2;1-2/h5-6,12,15H,3-4,7-10,14H2,1-2H3;3H2,1-2H3;1-2H3/b11-5+,13-6+;;. The van der Waals surface area contributed by atoms with Crippen molar-refractivity contribution >= 4 is 0 Å². The summed E-state index contributed by atoms with van der Waals surface area (Å²) in [6.45, 7) is 14.9. The number of hydrogen-bond acceptors (Lipinski definition) is 2. The van der Waals surface area contributed by atoms with E-state index in [2.05, 4.69) is 45.2 Å². The van der Waals surface area contributed by atoms with Gasteiger partial charge in [0.15, 0.2) is 0 Å². The molecule has 0 aromatic heterocycles. The predicted octanol–water partition coefficient (Wildman–Crippen LogP) is 5.02. The smallest absolute Gasteiger partial charge is 0.00776 e. The van der Waals surface area contributed by atoms with Crippen molar-refractivity contribution in [2.75, 3.05) is 13.1 Å². The summed E-state index contributed by atoms with van der Waals surface area (Å²) in [5.74, 6) is 0.775. The molecule has 20 heavy (non-hydrogen) atoms. The molecule has 0 spiro atoms. The molecule has 0 amide bonds. The molecule has 0 unspecified atom stereocenters. The zero-order valence-corrected chi connectivity index (χ0v) is 14.8. The fourth-order valence-corrected chi connectivity index (χ4v) is 2.07. The summed E-state index contributed by atoms with van der Waals surface area (Å²) in [6.07, 6.45) is 10.2. The van der Waals surface area contributed by atoms with Crippen LogP contribution in [0.4, 0.5) is 0 Å². The predicted molar refractivity (Wildman–Crippen MR) is 93.8 cm³/mol. The molecule has 2 nitrogen and oxygen atoms in total. The number of allylic oxidation sites excluding steroid dienone is 4.